The monoisotopic (exact) mass is 292 g/mol. The normalized spacial score (nSPS) is 12.4. The van der Waals surface area contributed by atoms with Crippen molar-refractivity contribution < 1.29 is 4.39 Å². The first-order valence-corrected chi connectivity index (χ1v) is 6.52. The first kappa shape index (κ1) is 12.3. The van der Waals surface area contributed by atoms with Gasteiger partial charge in [0.2, 0.25) is 0 Å². The zero-order valence-corrected chi connectivity index (χ0v) is 11.2. The lowest BCUT2D eigenvalue weighted by Crippen LogP contribution is -1.97. The number of hydrogen-bond acceptors (Lipinski definition) is 0. The SMILES string of the molecule is Cc1ccccc1C(Br)Cc1ccc(F)cc1. The lowest BCUT2D eigenvalue weighted by atomic mass is 10.0. The Kier molecular flexibility index (Phi) is 3.95. The third-order valence-electron chi connectivity index (χ3n) is 2.85. The van der Waals surface area contributed by atoms with E-state index in [-0.39, 0.29) is 10.6 Å². The molecule has 1 unspecified atom stereocenters. The Labute approximate surface area is 110 Å². The van der Waals surface area contributed by atoms with Crippen molar-refractivity contribution in [3.05, 3.63) is 71.0 Å². The van der Waals surface area contributed by atoms with Gasteiger partial charge in [-0.2, -0.15) is 0 Å². The highest BCUT2D eigenvalue weighted by Gasteiger charge is 2.10. The van der Waals surface area contributed by atoms with E-state index in [0.29, 0.717) is 0 Å². The summed E-state index contributed by atoms with van der Waals surface area (Å²) in [4.78, 5) is 0.272. The summed E-state index contributed by atoms with van der Waals surface area (Å²) in [7, 11) is 0. The van der Waals surface area contributed by atoms with Crippen molar-refractivity contribution in [2.45, 2.75) is 18.2 Å². The molecule has 2 aromatic carbocycles. The zero-order valence-electron chi connectivity index (χ0n) is 9.66. The molecule has 0 spiro atoms. The van der Waals surface area contributed by atoms with E-state index in [1.54, 1.807) is 0 Å². The Bertz CT molecular complexity index is 491. The number of alkyl halides is 1. The van der Waals surface area contributed by atoms with Crippen molar-refractivity contribution in [3.8, 4) is 0 Å². The van der Waals surface area contributed by atoms with E-state index in [2.05, 4.69) is 35.0 Å². The topological polar surface area (TPSA) is 0 Å². The highest BCUT2D eigenvalue weighted by Crippen LogP contribution is 2.29. The van der Waals surface area contributed by atoms with Gasteiger partial charge in [0.05, 0.1) is 0 Å². The average molecular weight is 293 g/mol. The van der Waals surface area contributed by atoms with Gasteiger partial charge in [0.1, 0.15) is 5.82 Å². The molecule has 0 aliphatic carbocycles. The van der Waals surface area contributed by atoms with Crippen molar-refractivity contribution >= 4 is 15.9 Å². The van der Waals surface area contributed by atoms with Crippen molar-refractivity contribution in [1.82, 2.24) is 0 Å². The standard InChI is InChI=1S/C15H14BrF/c1-11-4-2-3-5-14(11)15(16)10-12-6-8-13(17)9-7-12/h2-9,15H,10H2,1H3. The van der Waals surface area contributed by atoms with Crippen LogP contribution in [-0.2, 0) is 6.42 Å². The second kappa shape index (κ2) is 5.46. The molecule has 0 aliphatic rings. The molecule has 2 aromatic rings. The largest absolute Gasteiger partial charge is 0.207 e. The van der Waals surface area contributed by atoms with E-state index in [4.69, 9.17) is 0 Å². The average Bonchev–Trinajstić information content (AvgIpc) is 2.32. The highest BCUT2D eigenvalue weighted by atomic mass is 79.9. The number of benzene rings is 2. The van der Waals surface area contributed by atoms with Crippen LogP contribution in [0.2, 0.25) is 0 Å². The van der Waals surface area contributed by atoms with Crippen molar-refractivity contribution in [2.24, 2.45) is 0 Å². The van der Waals surface area contributed by atoms with Crippen LogP contribution in [0.5, 0.6) is 0 Å². The van der Waals surface area contributed by atoms with Crippen LogP contribution in [0.25, 0.3) is 0 Å². The fraction of sp³-hybridized carbons (Fsp3) is 0.200. The maximum atomic E-state index is 12.8. The molecule has 2 rings (SSSR count). The van der Waals surface area contributed by atoms with E-state index in [0.717, 1.165) is 12.0 Å². The first-order chi connectivity index (χ1) is 8.16. The molecule has 0 aromatic heterocycles. The molecule has 0 saturated heterocycles. The molecule has 88 valence electrons. The maximum absolute atomic E-state index is 12.8. The van der Waals surface area contributed by atoms with Crippen molar-refractivity contribution in [2.75, 3.05) is 0 Å². The van der Waals surface area contributed by atoms with E-state index in [9.17, 15) is 4.39 Å². The van der Waals surface area contributed by atoms with Crippen LogP contribution in [0.15, 0.2) is 48.5 Å². The van der Waals surface area contributed by atoms with Gasteiger partial charge in [-0.25, -0.2) is 4.39 Å². The minimum absolute atomic E-state index is 0.184. The zero-order chi connectivity index (χ0) is 12.3. The van der Waals surface area contributed by atoms with E-state index >= 15 is 0 Å². The quantitative estimate of drug-likeness (QED) is 0.712. The molecule has 0 aliphatic heterocycles. The summed E-state index contributed by atoms with van der Waals surface area (Å²) < 4.78 is 12.8. The van der Waals surface area contributed by atoms with E-state index < -0.39 is 0 Å². The van der Waals surface area contributed by atoms with Gasteiger partial charge in [-0.3, -0.25) is 0 Å². The van der Waals surface area contributed by atoms with Gasteiger partial charge in [0.25, 0.3) is 0 Å². The van der Waals surface area contributed by atoms with Crippen LogP contribution in [0.3, 0.4) is 0 Å². The predicted octanol–water partition coefficient (Wildman–Crippen LogP) is 4.81. The molecule has 0 amide bonds. The van der Waals surface area contributed by atoms with Gasteiger partial charge >= 0.3 is 0 Å². The van der Waals surface area contributed by atoms with Crippen LogP contribution < -0.4 is 0 Å². The summed E-state index contributed by atoms with van der Waals surface area (Å²) in [6.45, 7) is 2.11. The lowest BCUT2D eigenvalue weighted by Gasteiger charge is -2.13. The molecular formula is C15H14BrF. The van der Waals surface area contributed by atoms with E-state index in [1.807, 2.05) is 24.3 Å². The molecule has 0 fully saturated rings. The molecule has 0 heterocycles. The second-order valence-electron chi connectivity index (χ2n) is 4.15. The molecule has 0 nitrogen and oxygen atoms in total. The Hall–Kier alpha value is -1.15. The molecule has 0 N–H and O–H groups in total. The summed E-state index contributed by atoms with van der Waals surface area (Å²) in [5.74, 6) is -0.184. The van der Waals surface area contributed by atoms with Gasteiger partial charge in [-0.15, -0.1) is 0 Å². The molecule has 0 radical (unpaired) electrons. The Morgan fingerprint density at radius 2 is 1.71 bits per heavy atom. The summed E-state index contributed by atoms with van der Waals surface area (Å²) in [5, 5.41) is 0. The number of halogens is 2. The first-order valence-electron chi connectivity index (χ1n) is 5.61. The minimum atomic E-state index is -0.184. The van der Waals surface area contributed by atoms with Crippen LogP contribution in [0.4, 0.5) is 4.39 Å². The molecule has 1 atom stereocenters. The Balaban J connectivity index is 2.14. The van der Waals surface area contributed by atoms with Gasteiger partial charge in [-0.05, 0) is 42.2 Å². The molecular weight excluding hydrogens is 279 g/mol. The van der Waals surface area contributed by atoms with Gasteiger partial charge in [0, 0.05) is 4.83 Å². The van der Waals surface area contributed by atoms with Crippen LogP contribution in [0, 0.1) is 12.7 Å². The summed E-state index contributed by atoms with van der Waals surface area (Å²) in [5.41, 5.74) is 3.70. The summed E-state index contributed by atoms with van der Waals surface area (Å²) in [6.07, 6.45) is 0.866. The molecule has 0 saturated carbocycles. The maximum Gasteiger partial charge on any atom is 0.123 e. The summed E-state index contributed by atoms with van der Waals surface area (Å²) in [6, 6.07) is 15.0. The Morgan fingerprint density at radius 3 is 2.35 bits per heavy atom. The molecule has 2 heteroatoms. The number of aryl methyl sites for hydroxylation is 1. The van der Waals surface area contributed by atoms with E-state index in [1.165, 1.54) is 23.3 Å². The lowest BCUT2D eigenvalue weighted by molar-refractivity contribution is 0.627. The summed E-state index contributed by atoms with van der Waals surface area (Å²) >= 11 is 3.70. The van der Waals surface area contributed by atoms with Crippen LogP contribution in [0.1, 0.15) is 21.5 Å². The van der Waals surface area contributed by atoms with Crippen LogP contribution in [-0.4, -0.2) is 0 Å². The predicted molar refractivity (Wildman–Crippen MR) is 73.0 cm³/mol. The minimum Gasteiger partial charge on any atom is -0.207 e. The van der Waals surface area contributed by atoms with Crippen molar-refractivity contribution in [1.29, 1.82) is 0 Å². The third kappa shape index (κ3) is 3.16. The second-order valence-corrected chi connectivity index (χ2v) is 5.26. The van der Waals surface area contributed by atoms with Crippen molar-refractivity contribution in [3.63, 3.8) is 0 Å². The fourth-order valence-corrected chi connectivity index (χ4v) is 2.76. The van der Waals surface area contributed by atoms with Gasteiger partial charge in [0.15, 0.2) is 0 Å². The third-order valence-corrected chi connectivity index (χ3v) is 3.67. The Morgan fingerprint density at radius 1 is 1.06 bits per heavy atom. The molecule has 0 bridgehead atoms. The van der Waals surface area contributed by atoms with Gasteiger partial charge < -0.3 is 0 Å². The molecule has 17 heavy (non-hydrogen) atoms. The van der Waals surface area contributed by atoms with Gasteiger partial charge in [-0.1, -0.05) is 52.3 Å². The highest BCUT2D eigenvalue weighted by molar-refractivity contribution is 9.09. The number of hydrogen-bond donors (Lipinski definition) is 0. The number of rotatable bonds is 3. The van der Waals surface area contributed by atoms with Crippen LogP contribution >= 0.6 is 15.9 Å². The smallest absolute Gasteiger partial charge is 0.123 e. The fourth-order valence-electron chi connectivity index (χ4n) is 1.88.